The summed E-state index contributed by atoms with van der Waals surface area (Å²) in [6.45, 7) is 5.96. The van der Waals surface area contributed by atoms with Crippen LogP contribution in [-0.2, 0) is 4.74 Å². The summed E-state index contributed by atoms with van der Waals surface area (Å²) in [4.78, 5) is 25.2. The number of carbonyl (C=O) groups excluding carboxylic acids is 1. The molecule has 172 valence electrons. The van der Waals surface area contributed by atoms with Crippen LogP contribution in [0.1, 0.15) is 36.7 Å². The molecule has 0 aromatic heterocycles. The second-order valence-electron chi connectivity index (χ2n) is 8.28. The van der Waals surface area contributed by atoms with Gasteiger partial charge in [-0.2, -0.15) is 0 Å². The number of para-hydroxylation sites is 2. The predicted molar refractivity (Wildman–Crippen MR) is 133 cm³/mol. The molecule has 0 spiro atoms. The van der Waals surface area contributed by atoms with Crippen LogP contribution in [0.2, 0.25) is 0 Å². The van der Waals surface area contributed by atoms with Crippen molar-refractivity contribution in [2.75, 3.05) is 11.5 Å². The third-order valence-electron chi connectivity index (χ3n) is 3.96. The molecule has 0 aliphatic rings. The number of amides is 1. The summed E-state index contributed by atoms with van der Waals surface area (Å²) >= 11 is 0. The summed E-state index contributed by atoms with van der Waals surface area (Å²) in [7, 11) is 0. The summed E-state index contributed by atoms with van der Waals surface area (Å²) in [5, 5.41) is 9.03. The molecule has 0 bridgehead atoms. The lowest BCUT2D eigenvalue weighted by molar-refractivity contribution is 0.0696. The van der Waals surface area contributed by atoms with Gasteiger partial charge in [-0.1, -0.05) is 54.6 Å². The number of anilines is 2. The van der Waals surface area contributed by atoms with Crippen molar-refractivity contribution < 1.29 is 19.4 Å². The van der Waals surface area contributed by atoms with Gasteiger partial charge in [0.25, 0.3) is 0 Å². The first kappa shape index (κ1) is 25.4. The van der Waals surface area contributed by atoms with Crippen LogP contribution in [0, 0.1) is 0 Å². The van der Waals surface area contributed by atoms with Crippen molar-refractivity contribution in [2.24, 2.45) is 5.73 Å². The molecule has 0 aliphatic heterocycles. The molecule has 6 nitrogen and oxygen atoms in total. The number of ether oxygens (including phenoxy) is 1. The summed E-state index contributed by atoms with van der Waals surface area (Å²) in [5.41, 5.74) is 7.69. The quantitative estimate of drug-likeness (QED) is 0.476. The lowest BCUT2D eigenvalue weighted by atomic mass is 10.1. The molecule has 1 amide bonds. The Hall–Kier alpha value is -3.90. The van der Waals surface area contributed by atoms with Gasteiger partial charge in [-0.15, -0.1) is 0 Å². The number of carboxylic acid groups (broad SMARTS) is 1. The van der Waals surface area contributed by atoms with Gasteiger partial charge < -0.3 is 15.6 Å². The van der Waals surface area contributed by atoms with E-state index in [-0.39, 0.29) is 17.7 Å². The molecule has 3 rings (SSSR count). The van der Waals surface area contributed by atoms with Crippen molar-refractivity contribution >= 4 is 29.5 Å². The van der Waals surface area contributed by atoms with Gasteiger partial charge in [-0.05, 0) is 68.8 Å². The van der Waals surface area contributed by atoms with E-state index in [1.807, 2.05) is 81.4 Å². The SMILES string of the molecule is CC(C)(C)N.O=C(O)c1cccc(C=CCOC(=O)N(c2ccccc2)c2ccccc2)c1. The summed E-state index contributed by atoms with van der Waals surface area (Å²) in [6, 6.07) is 25.1. The van der Waals surface area contributed by atoms with E-state index in [2.05, 4.69) is 0 Å². The van der Waals surface area contributed by atoms with Crippen LogP contribution in [0.15, 0.2) is 91.0 Å². The van der Waals surface area contributed by atoms with E-state index in [9.17, 15) is 9.59 Å². The van der Waals surface area contributed by atoms with Crippen molar-refractivity contribution in [1.29, 1.82) is 0 Å². The van der Waals surface area contributed by atoms with Gasteiger partial charge in [-0.25, -0.2) is 14.5 Å². The van der Waals surface area contributed by atoms with E-state index in [1.165, 1.54) is 11.0 Å². The average Bonchev–Trinajstić information content (AvgIpc) is 2.77. The molecule has 33 heavy (non-hydrogen) atoms. The summed E-state index contributed by atoms with van der Waals surface area (Å²) < 4.78 is 5.40. The molecular formula is C27H30N2O4. The number of rotatable bonds is 6. The highest BCUT2D eigenvalue weighted by Crippen LogP contribution is 2.25. The fraction of sp³-hybridized carbons (Fsp3) is 0.185. The number of aromatic carboxylic acids is 1. The van der Waals surface area contributed by atoms with Gasteiger partial charge in [0.05, 0.1) is 16.9 Å². The van der Waals surface area contributed by atoms with Crippen LogP contribution in [0.4, 0.5) is 16.2 Å². The molecule has 0 unspecified atom stereocenters. The fourth-order valence-electron chi connectivity index (χ4n) is 2.66. The first-order chi connectivity index (χ1) is 15.6. The minimum atomic E-state index is -0.983. The smallest absolute Gasteiger partial charge is 0.419 e. The van der Waals surface area contributed by atoms with E-state index < -0.39 is 12.1 Å². The molecule has 0 fully saturated rings. The maximum absolute atomic E-state index is 12.7. The second-order valence-corrected chi connectivity index (χ2v) is 8.28. The van der Waals surface area contributed by atoms with Gasteiger partial charge in [0.2, 0.25) is 0 Å². The number of nitrogens with two attached hydrogens (primary N) is 1. The van der Waals surface area contributed by atoms with Gasteiger partial charge in [0.15, 0.2) is 0 Å². The Morgan fingerprint density at radius 1 is 0.909 bits per heavy atom. The number of carbonyl (C=O) groups is 2. The van der Waals surface area contributed by atoms with Crippen LogP contribution in [-0.4, -0.2) is 29.3 Å². The Balaban J connectivity index is 0.000000696. The fourth-order valence-corrected chi connectivity index (χ4v) is 2.66. The number of benzene rings is 3. The van der Waals surface area contributed by atoms with Crippen molar-refractivity contribution in [3.63, 3.8) is 0 Å². The van der Waals surface area contributed by atoms with Crippen molar-refractivity contribution in [2.45, 2.75) is 26.3 Å². The first-order valence-corrected chi connectivity index (χ1v) is 10.5. The molecule has 0 aliphatic carbocycles. The molecule has 0 saturated heterocycles. The third-order valence-corrected chi connectivity index (χ3v) is 3.96. The van der Waals surface area contributed by atoms with Gasteiger partial charge >= 0.3 is 12.1 Å². The highest BCUT2D eigenvalue weighted by Gasteiger charge is 2.18. The normalized spacial score (nSPS) is 10.8. The molecule has 0 radical (unpaired) electrons. The van der Waals surface area contributed by atoms with Gasteiger partial charge in [0.1, 0.15) is 6.61 Å². The molecule has 0 heterocycles. The molecule has 3 aromatic carbocycles. The lowest BCUT2D eigenvalue weighted by Gasteiger charge is -2.22. The Morgan fingerprint density at radius 2 is 1.42 bits per heavy atom. The van der Waals surface area contributed by atoms with Crippen LogP contribution in [0.5, 0.6) is 0 Å². The second kappa shape index (κ2) is 12.2. The molecule has 3 aromatic rings. The Kier molecular flexibility index (Phi) is 9.39. The number of carboxylic acids is 1. The highest BCUT2D eigenvalue weighted by molar-refractivity contribution is 5.96. The van der Waals surface area contributed by atoms with E-state index >= 15 is 0 Å². The zero-order chi connectivity index (χ0) is 24.3. The van der Waals surface area contributed by atoms with Crippen molar-refractivity contribution in [3.8, 4) is 0 Å². The Labute approximate surface area is 194 Å². The average molecular weight is 447 g/mol. The number of hydrogen-bond donors (Lipinski definition) is 2. The molecular weight excluding hydrogens is 416 g/mol. The number of hydrogen-bond acceptors (Lipinski definition) is 4. The third kappa shape index (κ3) is 9.41. The highest BCUT2D eigenvalue weighted by atomic mass is 16.6. The van der Waals surface area contributed by atoms with Gasteiger partial charge in [-0.3, -0.25) is 0 Å². The number of nitrogens with zero attached hydrogens (tertiary/aromatic N) is 1. The predicted octanol–water partition coefficient (Wildman–Crippen LogP) is 6.12. The van der Waals surface area contributed by atoms with E-state index in [0.29, 0.717) is 11.4 Å². The molecule has 0 atom stereocenters. The largest absolute Gasteiger partial charge is 0.478 e. The monoisotopic (exact) mass is 446 g/mol. The maximum atomic E-state index is 12.7. The first-order valence-electron chi connectivity index (χ1n) is 10.5. The van der Waals surface area contributed by atoms with Crippen molar-refractivity contribution in [3.05, 3.63) is 102 Å². The van der Waals surface area contributed by atoms with Crippen LogP contribution < -0.4 is 10.6 Å². The summed E-state index contributed by atoms with van der Waals surface area (Å²) in [5.74, 6) is -0.983. The Morgan fingerprint density at radius 3 is 1.91 bits per heavy atom. The Bertz CT molecular complexity index is 1010. The van der Waals surface area contributed by atoms with E-state index in [1.54, 1.807) is 30.4 Å². The summed E-state index contributed by atoms with van der Waals surface area (Å²) in [6.07, 6.45) is 2.89. The molecule has 3 N–H and O–H groups in total. The van der Waals surface area contributed by atoms with Crippen LogP contribution in [0.3, 0.4) is 0 Å². The minimum absolute atomic E-state index is 0. The van der Waals surface area contributed by atoms with Crippen LogP contribution in [0.25, 0.3) is 6.08 Å². The van der Waals surface area contributed by atoms with E-state index in [4.69, 9.17) is 15.6 Å². The lowest BCUT2D eigenvalue weighted by Crippen LogP contribution is -2.26. The van der Waals surface area contributed by atoms with E-state index in [0.717, 1.165) is 5.56 Å². The standard InChI is InChI=1S/C23H19NO4.C4H11N/c25-22(26)19-11-7-9-18(17-19)10-8-16-28-23(27)24(20-12-3-1-4-13-20)21-14-5-2-6-15-21;1-4(2,3)5/h1-15,17H,16H2,(H,25,26);5H2,1-3H3. The molecule has 0 saturated carbocycles. The van der Waals surface area contributed by atoms with Crippen LogP contribution >= 0.6 is 0 Å². The van der Waals surface area contributed by atoms with Crippen molar-refractivity contribution in [1.82, 2.24) is 0 Å². The zero-order valence-corrected chi connectivity index (χ0v) is 19.1. The minimum Gasteiger partial charge on any atom is -0.478 e. The van der Waals surface area contributed by atoms with Gasteiger partial charge in [0, 0.05) is 5.54 Å². The molecule has 6 heteroatoms. The topological polar surface area (TPSA) is 92.9 Å². The zero-order valence-electron chi connectivity index (χ0n) is 19.1. The maximum Gasteiger partial charge on any atom is 0.419 e.